The monoisotopic (exact) mass is 294 g/mol. The van der Waals surface area contributed by atoms with Gasteiger partial charge in [0, 0.05) is 11.3 Å². The van der Waals surface area contributed by atoms with Crippen molar-refractivity contribution in [1.29, 1.82) is 5.26 Å². The fraction of sp³-hybridized carbons (Fsp3) is 0.875. The number of amides is 1. The molecule has 4 heteroatoms. The number of nitrogens with zero attached hydrogens (tertiary/aromatic N) is 1. The zero-order valence-corrected chi connectivity index (χ0v) is 13.4. The molecular formula is C16H26N2OS. The summed E-state index contributed by atoms with van der Waals surface area (Å²) in [5.74, 6) is -0.0118. The lowest BCUT2D eigenvalue weighted by molar-refractivity contribution is -0.128. The summed E-state index contributed by atoms with van der Waals surface area (Å²) in [6.07, 6.45) is 12.9. The Kier molecular flexibility index (Phi) is 5.37. The summed E-state index contributed by atoms with van der Waals surface area (Å²) in [7, 11) is 0. The van der Waals surface area contributed by atoms with Crippen LogP contribution in [0, 0.1) is 16.7 Å². The minimum atomic E-state index is -0.755. The van der Waals surface area contributed by atoms with Crippen LogP contribution < -0.4 is 5.32 Å². The summed E-state index contributed by atoms with van der Waals surface area (Å²) in [4.78, 5) is 12.6. The molecule has 0 spiro atoms. The van der Waals surface area contributed by atoms with Crippen LogP contribution in [0.3, 0.4) is 0 Å². The van der Waals surface area contributed by atoms with E-state index in [-0.39, 0.29) is 10.7 Å². The van der Waals surface area contributed by atoms with Gasteiger partial charge in [0.1, 0.15) is 5.41 Å². The van der Waals surface area contributed by atoms with Gasteiger partial charge in [-0.1, -0.05) is 38.5 Å². The van der Waals surface area contributed by atoms with Crippen molar-refractivity contribution >= 4 is 17.7 Å². The molecule has 0 aromatic rings. The number of nitriles is 1. The number of hydrogen-bond donors (Lipinski definition) is 1. The number of hydrogen-bond acceptors (Lipinski definition) is 3. The van der Waals surface area contributed by atoms with E-state index in [2.05, 4.69) is 17.6 Å². The van der Waals surface area contributed by atoms with Crippen LogP contribution in [0.4, 0.5) is 0 Å². The minimum Gasteiger partial charge on any atom is -0.353 e. The first-order valence-electron chi connectivity index (χ1n) is 7.91. The smallest absolute Gasteiger partial charge is 0.240 e. The molecule has 0 heterocycles. The average molecular weight is 294 g/mol. The Morgan fingerprint density at radius 2 is 1.65 bits per heavy atom. The zero-order chi connectivity index (χ0) is 14.5. The van der Waals surface area contributed by atoms with Gasteiger partial charge in [0.15, 0.2) is 0 Å². The summed E-state index contributed by atoms with van der Waals surface area (Å²) >= 11 is 1.88. The predicted molar refractivity (Wildman–Crippen MR) is 83.5 cm³/mol. The van der Waals surface area contributed by atoms with E-state index < -0.39 is 5.41 Å². The Labute approximate surface area is 126 Å². The van der Waals surface area contributed by atoms with Gasteiger partial charge in [0.05, 0.1) is 6.07 Å². The SMILES string of the molecule is CSC1(CNC(=O)C2(C#N)CCCCCC2)CCCC1. The molecule has 0 unspecified atom stereocenters. The molecule has 20 heavy (non-hydrogen) atoms. The summed E-state index contributed by atoms with van der Waals surface area (Å²) in [5.41, 5.74) is -0.755. The topological polar surface area (TPSA) is 52.9 Å². The Morgan fingerprint density at radius 1 is 1.10 bits per heavy atom. The van der Waals surface area contributed by atoms with Crippen LogP contribution in [0.25, 0.3) is 0 Å². The molecule has 0 aliphatic heterocycles. The minimum absolute atomic E-state index is 0.0118. The number of carbonyl (C=O) groups is 1. The number of carbonyl (C=O) groups excluding carboxylic acids is 1. The second-order valence-corrected chi connectivity index (χ2v) is 7.66. The van der Waals surface area contributed by atoms with Crippen molar-refractivity contribution in [2.45, 2.75) is 69.0 Å². The summed E-state index contributed by atoms with van der Waals surface area (Å²) in [5, 5.41) is 12.7. The van der Waals surface area contributed by atoms with Crippen LogP contribution in [0.1, 0.15) is 64.2 Å². The first-order valence-corrected chi connectivity index (χ1v) is 9.14. The van der Waals surface area contributed by atoms with Crippen molar-refractivity contribution in [2.24, 2.45) is 5.41 Å². The average Bonchev–Trinajstić information content (AvgIpc) is 2.82. The third-order valence-corrected chi connectivity index (χ3v) is 6.54. The third-order valence-electron chi connectivity index (χ3n) is 5.12. The van der Waals surface area contributed by atoms with Crippen molar-refractivity contribution in [2.75, 3.05) is 12.8 Å². The van der Waals surface area contributed by atoms with Gasteiger partial charge >= 0.3 is 0 Å². The molecule has 0 radical (unpaired) electrons. The number of thioether (sulfide) groups is 1. The van der Waals surface area contributed by atoms with Gasteiger partial charge in [-0.15, -0.1) is 0 Å². The molecule has 2 rings (SSSR count). The van der Waals surface area contributed by atoms with E-state index >= 15 is 0 Å². The maximum atomic E-state index is 12.6. The van der Waals surface area contributed by atoms with Crippen LogP contribution in [0.5, 0.6) is 0 Å². The summed E-state index contributed by atoms with van der Waals surface area (Å²) in [6, 6.07) is 2.34. The summed E-state index contributed by atoms with van der Waals surface area (Å²) < 4.78 is 0.219. The Morgan fingerprint density at radius 3 is 2.15 bits per heavy atom. The molecule has 112 valence electrons. The quantitative estimate of drug-likeness (QED) is 0.805. The normalized spacial score (nSPS) is 24.6. The molecule has 0 aromatic heterocycles. The highest BCUT2D eigenvalue weighted by atomic mass is 32.2. The van der Waals surface area contributed by atoms with Crippen LogP contribution >= 0.6 is 11.8 Å². The van der Waals surface area contributed by atoms with E-state index in [0.717, 1.165) is 45.1 Å². The molecule has 2 aliphatic rings. The van der Waals surface area contributed by atoms with E-state index in [9.17, 15) is 10.1 Å². The van der Waals surface area contributed by atoms with Gasteiger partial charge in [-0.2, -0.15) is 17.0 Å². The molecule has 3 nitrogen and oxygen atoms in total. The number of nitrogens with one attached hydrogen (secondary N) is 1. The Balaban J connectivity index is 1.97. The largest absolute Gasteiger partial charge is 0.353 e. The predicted octanol–water partition coefficient (Wildman–Crippen LogP) is 3.64. The van der Waals surface area contributed by atoms with E-state index in [4.69, 9.17) is 0 Å². The molecular weight excluding hydrogens is 268 g/mol. The van der Waals surface area contributed by atoms with Crippen molar-refractivity contribution in [1.82, 2.24) is 5.32 Å². The van der Waals surface area contributed by atoms with Gasteiger partial charge < -0.3 is 5.32 Å². The van der Waals surface area contributed by atoms with E-state index in [0.29, 0.717) is 0 Å². The van der Waals surface area contributed by atoms with Crippen LogP contribution in [-0.4, -0.2) is 23.5 Å². The fourth-order valence-corrected chi connectivity index (χ4v) is 4.52. The lowest BCUT2D eigenvalue weighted by Gasteiger charge is -2.30. The van der Waals surface area contributed by atoms with Crippen molar-refractivity contribution < 1.29 is 4.79 Å². The van der Waals surface area contributed by atoms with E-state index in [1.807, 2.05) is 11.8 Å². The molecule has 2 fully saturated rings. The van der Waals surface area contributed by atoms with E-state index in [1.54, 1.807) is 0 Å². The molecule has 2 saturated carbocycles. The lowest BCUT2D eigenvalue weighted by atomic mass is 9.81. The maximum Gasteiger partial charge on any atom is 0.240 e. The van der Waals surface area contributed by atoms with Crippen LogP contribution in [-0.2, 0) is 4.79 Å². The van der Waals surface area contributed by atoms with Gasteiger partial charge in [0.25, 0.3) is 0 Å². The molecule has 1 amide bonds. The van der Waals surface area contributed by atoms with Gasteiger partial charge in [-0.3, -0.25) is 4.79 Å². The number of rotatable bonds is 4. The lowest BCUT2D eigenvalue weighted by Crippen LogP contribution is -2.45. The molecule has 0 bridgehead atoms. The highest BCUT2D eigenvalue weighted by Crippen LogP contribution is 2.40. The van der Waals surface area contributed by atoms with Crippen LogP contribution in [0.2, 0.25) is 0 Å². The summed E-state index contributed by atoms with van der Waals surface area (Å²) in [6.45, 7) is 0.733. The first-order chi connectivity index (χ1) is 9.66. The van der Waals surface area contributed by atoms with Gasteiger partial charge in [-0.25, -0.2) is 0 Å². The van der Waals surface area contributed by atoms with Crippen molar-refractivity contribution in [3.63, 3.8) is 0 Å². The highest BCUT2D eigenvalue weighted by molar-refractivity contribution is 8.00. The Hall–Kier alpha value is -0.690. The fourth-order valence-electron chi connectivity index (χ4n) is 3.60. The second-order valence-electron chi connectivity index (χ2n) is 6.39. The van der Waals surface area contributed by atoms with Crippen molar-refractivity contribution in [3.8, 4) is 6.07 Å². The van der Waals surface area contributed by atoms with Gasteiger partial charge in [0.2, 0.25) is 5.91 Å². The van der Waals surface area contributed by atoms with Gasteiger partial charge in [-0.05, 0) is 31.9 Å². The molecule has 1 N–H and O–H groups in total. The standard InChI is InChI=1S/C16H26N2OS/c1-20-16(10-6-7-11-16)13-18-14(19)15(12-17)8-4-2-3-5-9-15/h2-11,13H2,1H3,(H,18,19). The molecule has 0 atom stereocenters. The molecule has 0 aromatic carbocycles. The highest BCUT2D eigenvalue weighted by Gasteiger charge is 2.40. The third kappa shape index (κ3) is 3.31. The zero-order valence-electron chi connectivity index (χ0n) is 12.5. The van der Waals surface area contributed by atoms with E-state index in [1.165, 1.54) is 25.7 Å². The second kappa shape index (κ2) is 6.85. The van der Waals surface area contributed by atoms with Crippen molar-refractivity contribution in [3.05, 3.63) is 0 Å². The Bertz CT molecular complexity index is 374. The first kappa shape index (κ1) is 15.7. The maximum absolute atomic E-state index is 12.6. The molecule has 0 saturated heterocycles. The molecule has 2 aliphatic carbocycles. The van der Waals surface area contributed by atoms with Crippen LogP contribution in [0.15, 0.2) is 0 Å².